The number of hydrogen-bond donors (Lipinski definition) is 2. The van der Waals surface area contributed by atoms with Crippen LogP contribution in [0.5, 0.6) is 0 Å². The number of esters is 1. The lowest BCUT2D eigenvalue weighted by Gasteiger charge is -2.27. The Bertz CT molecular complexity index is 1640. The summed E-state index contributed by atoms with van der Waals surface area (Å²) >= 11 is 0. The predicted octanol–water partition coefficient (Wildman–Crippen LogP) is 19.6. The summed E-state index contributed by atoms with van der Waals surface area (Å²) in [4.78, 5) is 37.7. The third kappa shape index (κ3) is 57.4. The van der Waals surface area contributed by atoms with Crippen molar-refractivity contribution in [2.24, 2.45) is 0 Å². The van der Waals surface area contributed by atoms with E-state index in [1.807, 2.05) is 33.3 Å². The quantitative estimate of drug-likeness (QED) is 0.0205. The number of rotatable bonds is 56. The Morgan fingerprint density at radius 3 is 1.27 bits per heavy atom. The molecule has 77 heavy (non-hydrogen) atoms. The molecule has 0 aliphatic rings. The van der Waals surface area contributed by atoms with Crippen molar-refractivity contribution >= 4 is 19.7 Å². The Labute approximate surface area is 475 Å². The van der Waals surface area contributed by atoms with Gasteiger partial charge in [0.2, 0.25) is 5.91 Å². The van der Waals surface area contributed by atoms with Crippen LogP contribution in [0, 0.1) is 0 Å². The lowest BCUT2D eigenvalue weighted by molar-refractivity contribution is -0.870. The number of carbonyl (C=O) groups is 2. The fraction of sp³-hybridized carbons (Fsp3) is 0.731. The minimum absolute atomic E-state index is 0.0310. The fourth-order valence-corrected chi connectivity index (χ4v) is 9.38. The maximum atomic E-state index is 13.5. The second-order valence-electron chi connectivity index (χ2n) is 22.2. The molecule has 0 fully saturated rings. The lowest BCUT2D eigenvalue weighted by Crippen LogP contribution is -2.47. The van der Waals surface area contributed by atoms with Gasteiger partial charge in [-0.2, -0.15) is 0 Å². The highest BCUT2D eigenvalue weighted by Gasteiger charge is 2.30. The van der Waals surface area contributed by atoms with E-state index in [1.54, 1.807) is 0 Å². The zero-order chi connectivity index (χ0) is 56.4. The zero-order valence-corrected chi connectivity index (χ0v) is 51.6. The summed E-state index contributed by atoms with van der Waals surface area (Å²) in [6.45, 7) is 6.87. The Hall–Kier alpha value is -3.07. The van der Waals surface area contributed by atoms with Gasteiger partial charge in [0, 0.05) is 12.8 Å². The Morgan fingerprint density at radius 2 is 0.831 bits per heavy atom. The molecule has 444 valence electrons. The van der Waals surface area contributed by atoms with Gasteiger partial charge in [-0.05, 0) is 109 Å². The monoisotopic (exact) mass is 1100 g/mol. The molecule has 0 aromatic heterocycles. The molecule has 0 rings (SSSR count). The summed E-state index contributed by atoms with van der Waals surface area (Å²) in [7, 11) is 1.47. The van der Waals surface area contributed by atoms with Crippen LogP contribution in [0.3, 0.4) is 0 Å². The maximum Gasteiger partial charge on any atom is 0.472 e. The topological polar surface area (TPSA) is 111 Å². The number of phosphoric ester groups is 1. The molecule has 0 aromatic rings. The number of likely N-dealkylation sites (N-methyl/N-ethyl adjacent to an activating group) is 1. The van der Waals surface area contributed by atoms with Crippen LogP contribution in [0.25, 0.3) is 0 Å². The molecule has 0 bridgehead atoms. The molecular formula is C67H120N2O7P+. The molecule has 0 aliphatic heterocycles. The third-order valence-corrected chi connectivity index (χ3v) is 14.5. The van der Waals surface area contributed by atoms with Crippen molar-refractivity contribution in [2.75, 3.05) is 40.9 Å². The van der Waals surface area contributed by atoms with Crippen LogP contribution in [0.4, 0.5) is 0 Å². The van der Waals surface area contributed by atoms with Gasteiger partial charge < -0.3 is 19.4 Å². The van der Waals surface area contributed by atoms with E-state index >= 15 is 0 Å². The number of nitrogens with one attached hydrogen (secondary N) is 1. The van der Waals surface area contributed by atoms with E-state index in [2.05, 4.69) is 111 Å². The van der Waals surface area contributed by atoms with Crippen LogP contribution >= 0.6 is 7.82 Å². The number of amides is 1. The number of ether oxygens (including phenoxy) is 1. The molecule has 3 atom stereocenters. The third-order valence-electron chi connectivity index (χ3n) is 13.5. The molecule has 0 radical (unpaired) electrons. The number of nitrogens with zero attached hydrogens (tertiary/aromatic N) is 1. The molecule has 3 unspecified atom stereocenters. The zero-order valence-electron chi connectivity index (χ0n) is 50.7. The van der Waals surface area contributed by atoms with Crippen LogP contribution in [0.2, 0.25) is 0 Å². The van der Waals surface area contributed by atoms with Crippen molar-refractivity contribution in [1.29, 1.82) is 0 Å². The standard InChI is InChI=1S/C67H119N2O7P/c1-7-10-13-16-19-22-25-28-29-30-31-32-33-34-35-36-37-38-39-42-45-48-51-54-57-60-67(71)76-65(58-55-52-49-46-43-40-26-23-20-17-14-11-8-2)64(63-75-77(72,73)74-62-61-69(4,5)6)68-66(70)59-56-53-50-47-44-41-27-24-21-18-15-12-9-3/h10,13,19,22,28-29,31-32,34-35,37-38,41,44,55,58,64-65H,7-9,11-12,14-18,20-21,23-27,30,33,36,39-40,42-43,45-54,56-57,59-63H2,1-6H3,(H-,68,70,72,73)/p+1/b13-10-,22-19-,29-28-,32-31-,35-34-,38-37-,44-41-,58-55-. The molecule has 1 amide bonds. The van der Waals surface area contributed by atoms with Gasteiger partial charge in [-0.1, -0.05) is 240 Å². The van der Waals surface area contributed by atoms with E-state index in [0.29, 0.717) is 17.4 Å². The molecule has 0 saturated carbocycles. The van der Waals surface area contributed by atoms with E-state index in [4.69, 9.17) is 13.8 Å². The van der Waals surface area contributed by atoms with Gasteiger partial charge in [0.05, 0.1) is 33.8 Å². The number of allylic oxidation sites excluding steroid dienone is 15. The number of unbranched alkanes of at least 4 members (excludes halogenated alkanes) is 26. The Balaban J connectivity index is 5.24. The van der Waals surface area contributed by atoms with Gasteiger partial charge in [0.1, 0.15) is 19.3 Å². The van der Waals surface area contributed by atoms with E-state index in [9.17, 15) is 19.0 Å². The van der Waals surface area contributed by atoms with Crippen molar-refractivity contribution < 1.29 is 37.3 Å². The van der Waals surface area contributed by atoms with E-state index in [0.717, 1.165) is 135 Å². The molecule has 2 N–H and O–H groups in total. The second kappa shape index (κ2) is 56.2. The van der Waals surface area contributed by atoms with Crippen LogP contribution < -0.4 is 5.32 Å². The molecule has 0 aromatic carbocycles. The molecule has 0 aliphatic carbocycles. The van der Waals surface area contributed by atoms with Crippen LogP contribution in [-0.4, -0.2) is 74.3 Å². The predicted molar refractivity (Wildman–Crippen MR) is 332 cm³/mol. The normalized spacial score (nSPS) is 14.3. The van der Waals surface area contributed by atoms with Gasteiger partial charge in [-0.3, -0.25) is 18.6 Å². The van der Waals surface area contributed by atoms with Crippen LogP contribution in [0.1, 0.15) is 265 Å². The van der Waals surface area contributed by atoms with Gasteiger partial charge in [-0.15, -0.1) is 0 Å². The number of quaternary nitrogens is 1. The minimum atomic E-state index is -4.46. The van der Waals surface area contributed by atoms with Crippen molar-refractivity contribution in [3.05, 3.63) is 97.2 Å². The number of carbonyl (C=O) groups excluding carboxylic acids is 2. The highest BCUT2D eigenvalue weighted by atomic mass is 31.2. The lowest BCUT2D eigenvalue weighted by atomic mass is 10.0. The number of phosphoric acid groups is 1. The summed E-state index contributed by atoms with van der Waals surface area (Å²) in [6, 6.07) is -0.867. The summed E-state index contributed by atoms with van der Waals surface area (Å²) < 4.78 is 30.7. The smallest absolute Gasteiger partial charge is 0.456 e. The van der Waals surface area contributed by atoms with E-state index in [1.165, 1.54) is 96.3 Å². The van der Waals surface area contributed by atoms with Crippen LogP contribution in [0.15, 0.2) is 97.2 Å². The molecule has 10 heteroatoms. The van der Waals surface area contributed by atoms with Gasteiger partial charge in [0.15, 0.2) is 0 Å². The first-order chi connectivity index (χ1) is 37.4. The highest BCUT2D eigenvalue weighted by Crippen LogP contribution is 2.43. The SMILES string of the molecule is CC/C=C\C/C=C\C/C=C\C/C=C\C/C=C\C/C=C\CCCCCCCCC(=O)OC(/C=C\CCCCCCCCCCCCC)C(COP(=O)(O)OCC[N+](C)(C)C)NC(=O)CCCCC/C=C\CCCCCCCC. The molecule has 0 heterocycles. The summed E-state index contributed by atoms with van der Waals surface area (Å²) in [5.74, 6) is -0.543. The van der Waals surface area contributed by atoms with Crippen molar-refractivity contribution in [1.82, 2.24) is 5.32 Å². The van der Waals surface area contributed by atoms with Crippen molar-refractivity contribution in [2.45, 2.75) is 277 Å². The number of hydrogen-bond acceptors (Lipinski definition) is 6. The second-order valence-corrected chi connectivity index (χ2v) is 23.6. The molecule has 0 spiro atoms. The summed E-state index contributed by atoms with van der Waals surface area (Å²) in [5, 5.41) is 3.04. The largest absolute Gasteiger partial charge is 0.472 e. The molecular weight excluding hydrogens is 976 g/mol. The van der Waals surface area contributed by atoms with Gasteiger partial charge in [-0.25, -0.2) is 4.57 Å². The average Bonchev–Trinajstić information content (AvgIpc) is 3.39. The maximum absolute atomic E-state index is 13.5. The van der Waals surface area contributed by atoms with E-state index in [-0.39, 0.29) is 31.5 Å². The molecule has 9 nitrogen and oxygen atoms in total. The Morgan fingerprint density at radius 1 is 0.468 bits per heavy atom. The minimum Gasteiger partial charge on any atom is -0.456 e. The first-order valence-corrected chi connectivity index (χ1v) is 33.1. The first kappa shape index (κ1) is 73.9. The first-order valence-electron chi connectivity index (χ1n) is 31.6. The van der Waals surface area contributed by atoms with Crippen LogP contribution in [-0.2, 0) is 27.9 Å². The Kier molecular flexibility index (Phi) is 54.0. The summed E-state index contributed by atoms with van der Waals surface area (Å²) in [6.07, 6.45) is 75.5. The van der Waals surface area contributed by atoms with Gasteiger partial charge >= 0.3 is 13.8 Å². The molecule has 0 saturated heterocycles. The summed E-state index contributed by atoms with van der Waals surface area (Å²) in [5.41, 5.74) is 0. The van der Waals surface area contributed by atoms with E-state index < -0.39 is 20.0 Å². The average molecular weight is 1100 g/mol. The van der Waals surface area contributed by atoms with Crippen molar-refractivity contribution in [3.63, 3.8) is 0 Å². The van der Waals surface area contributed by atoms with Crippen molar-refractivity contribution in [3.8, 4) is 0 Å². The van der Waals surface area contributed by atoms with Gasteiger partial charge in [0.25, 0.3) is 0 Å². The highest BCUT2D eigenvalue weighted by molar-refractivity contribution is 7.47. The fourth-order valence-electron chi connectivity index (χ4n) is 8.64.